The molecule has 4 nitrogen and oxygen atoms in total. The molecule has 1 fully saturated rings. The van der Waals surface area contributed by atoms with E-state index in [2.05, 4.69) is 11.8 Å². The number of rotatable bonds is 5. The van der Waals surface area contributed by atoms with Gasteiger partial charge in [0.25, 0.3) is 0 Å². The lowest BCUT2D eigenvalue weighted by atomic mass is 10.1. The van der Waals surface area contributed by atoms with Gasteiger partial charge in [-0.3, -0.25) is 4.90 Å². The predicted octanol–water partition coefficient (Wildman–Crippen LogP) is 1.94. The van der Waals surface area contributed by atoms with Gasteiger partial charge in [0.05, 0.1) is 19.8 Å². The molecule has 1 aliphatic rings. The van der Waals surface area contributed by atoms with Crippen LogP contribution >= 0.6 is 12.2 Å². The fourth-order valence-electron chi connectivity index (χ4n) is 2.47. The molecule has 0 aromatic heterocycles. The van der Waals surface area contributed by atoms with Gasteiger partial charge in [-0.1, -0.05) is 19.1 Å². The fourth-order valence-corrected chi connectivity index (χ4v) is 2.59. The molecule has 0 amide bonds. The van der Waals surface area contributed by atoms with Crippen LogP contribution in [0.2, 0.25) is 0 Å². The average Bonchev–Trinajstić information content (AvgIpc) is 2.47. The fraction of sp³-hybridized carbons (Fsp3) is 0.533. The second kappa shape index (κ2) is 7.02. The Morgan fingerprint density at radius 3 is 3.00 bits per heavy atom. The monoisotopic (exact) mass is 294 g/mol. The number of methoxy groups -OCH3 is 1. The van der Waals surface area contributed by atoms with Crippen molar-refractivity contribution in [2.24, 2.45) is 5.73 Å². The lowest BCUT2D eigenvalue weighted by Crippen LogP contribution is -2.41. The maximum Gasteiger partial charge on any atom is 0.123 e. The second-order valence-electron chi connectivity index (χ2n) is 5.03. The molecule has 0 saturated carbocycles. The number of morpholine rings is 1. The SMILES string of the molecule is CCC1CN(Cc2cc(C(N)=S)ccc2OC)CCO1. The highest BCUT2D eigenvalue weighted by molar-refractivity contribution is 7.80. The normalized spacial score (nSPS) is 19.8. The van der Waals surface area contributed by atoms with E-state index in [0.29, 0.717) is 11.1 Å². The molecule has 5 heteroatoms. The van der Waals surface area contributed by atoms with Gasteiger partial charge in [-0.25, -0.2) is 0 Å². The van der Waals surface area contributed by atoms with Gasteiger partial charge >= 0.3 is 0 Å². The standard InChI is InChI=1S/C15H22N2O2S/c1-3-13-10-17(6-7-19-13)9-12-8-11(15(16)20)4-5-14(12)18-2/h4-5,8,13H,3,6-7,9-10H2,1-2H3,(H2,16,20). The number of nitrogens with two attached hydrogens (primary N) is 1. The molecule has 1 aliphatic heterocycles. The van der Waals surface area contributed by atoms with Crippen molar-refractivity contribution in [1.29, 1.82) is 0 Å². The van der Waals surface area contributed by atoms with E-state index in [1.54, 1.807) is 7.11 Å². The highest BCUT2D eigenvalue weighted by Crippen LogP contribution is 2.23. The van der Waals surface area contributed by atoms with Crippen LogP contribution in [0.15, 0.2) is 18.2 Å². The van der Waals surface area contributed by atoms with Gasteiger partial charge in [0.2, 0.25) is 0 Å². The van der Waals surface area contributed by atoms with Crippen molar-refractivity contribution >= 4 is 17.2 Å². The molecule has 110 valence electrons. The quantitative estimate of drug-likeness (QED) is 0.841. The van der Waals surface area contributed by atoms with Crippen LogP contribution in [-0.2, 0) is 11.3 Å². The molecule has 1 aromatic carbocycles. The van der Waals surface area contributed by atoms with Gasteiger partial charge in [0.15, 0.2) is 0 Å². The van der Waals surface area contributed by atoms with E-state index >= 15 is 0 Å². The summed E-state index contributed by atoms with van der Waals surface area (Å²) >= 11 is 5.05. The Kier molecular flexibility index (Phi) is 5.34. The first-order valence-electron chi connectivity index (χ1n) is 6.94. The van der Waals surface area contributed by atoms with Gasteiger partial charge in [-0.05, 0) is 24.6 Å². The molecule has 20 heavy (non-hydrogen) atoms. The molecular weight excluding hydrogens is 272 g/mol. The Bertz CT molecular complexity index is 479. The zero-order valence-corrected chi connectivity index (χ0v) is 12.9. The molecule has 1 heterocycles. The first-order chi connectivity index (χ1) is 9.63. The van der Waals surface area contributed by atoms with Gasteiger partial charge < -0.3 is 15.2 Å². The van der Waals surface area contributed by atoms with Crippen molar-refractivity contribution in [3.63, 3.8) is 0 Å². The number of hydrogen-bond acceptors (Lipinski definition) is 4. The van der Waals surface area contributed by atoms with Crippen molar-refractivity contribution in [3.05, 3.63) is 29.3 Å². The number of hydrogen-bond donors (Lipinski definition) is 1. The van der Waals surface area contributed by atoms with Crippen LogP contribution in [0.3, 0.4) is 0 Å². The van der Waals surface area contributed by atoms with Gasteiger partial charge in [-0.2, -0.15) is 0 Å². The maximum atomic E-state index is 5.71. The van der Waals surface area contributed by atoms with Crippen molar-refractivity contribution < 1.29 is 9.47 Å². The summed E-state index contributed by atoms with van der Waals surface area (Å²) in [7, 11) is 1.69. The summed E-state index contributed by atoms with van der Waals surface area (Å²) < 4.78 is 11.1. The minimum Gasteiger partial charge on any atom is -0.496 e. The third kappa shape index (κ3) is 3.69. The Balaban J connectivity index is 2.14. The lowest BCUT2D eigenvalue weighted by molar-refractivity contribution is -0.0326. The number of benzene rings is 1. The van der Waals surface area contributed by atoms with Gasteiger partial charge in [0.1, 0.15) is 10.7 Å². The van der Waals surface area contributed by atoms with Crippen molar-refractivity contribution in [2.45, 2.75) is 26.0 Å². The Morgan fingerprint density at radius 2 is 2.35 bits per heavy atom. The average molecular weight is 294 g/mol. The minimum absolute atomic E-state index is 0.327. The Hall–Kier alpha value is -1.17. The highest BCUT2D eigenvalue weighted by Gasteiger charge is 2.20. The van der Waals surface area contributed by atoms with Crippen LogP contribution in [0.4, 0.5) is 0 Å². The van der Waals surface area contributed by atoms with Crippen LogP contribution in [0.5, 0.6) is 5.75 Å². The Morgan fingerprint density at radius 1 is 1.55 bits per heavy atom. The third-order valence-electron chi connectivity index (χ3n) is 3.64. The minimum atomic E-state index is 0.327. The predicted molar refractivity (Wildman–Crippen MR) is 84.2 cm³/mol. The lowest BCUT2D eigenvalue weighted by Gasteiger charge is -2.32. The molecule has 0 aliphatic carbocycles. The molecule has 0 radical (unpaired) electrons. The van der Waals surface area contributed by atoms with E-state index in [0.717, 1.165) is 49.5 Å². The first kappa shape index (κ1) is 15.2. The smallest absolute Gasteiger partial charge is 0.123 e. The topological polar surface area (TPSA) is 47.7 Å². The summed E-state index contributed by atoms with van der Waals surface area (Å²) in [5.41, 5.74) is 7.71. The van der Waals surface area contributed by atoms with Crippen LogP contribution < -0.4 is 10.5 Å². The van der Waals surface area contributed by atoms with E-state index < -0.39 is 0 Å². The number of nitrogens with zero attached hydrogens (tertiary/aromatic N) is 1. The summed E-state index contributed by atoms with van der Waals surface area (Å²) in [6, 6.07) is 5.86. The zero-order chi connectivity index (χ0) is 14.5. The number of thiocarbonyl (C=S) groups is 1. The molecule has 2 rings (SSSR count). The van der Waals surface area contributed by atoms with E-state index in [4.69, 9.17) is 27.4 Å². The molecule has 1 saturated heterocycles. The molecular formula is C15H22N2O2S. The largest absolute Gasteiger partial charge is 0.496 e. The first-order valence-corrected chi connectivity index (χ1v) is 7.35. The van der Waals surface area contributed by atoms with E-state index in [-0.39, 0.29) is 0 Å². The third-order valence-corrected chi connectivity index (χ3v) is 3.87. The van der Waals surface area contributed by atoms with Gasteiger partial charge in [-0.15, -0.1) is 0 Å². The summed E-state index contributed by atoms with van der Waals surface area (Å²) in [5.74, 6) is 0.879. The second-order valence-corrected chi connectivity index (χ2v) is 5.47. The summed E-state index contributed by atoms with van der Waals surface area (Å²) in [4.78, 5) is 2.81. The number of ether oxygens (including phenoxy) is 2. The molecule has 1 unspecified atom stereocenters. The van der Waals surface area contributed by atoms with Crippen molar-refractivity contribution in [3.8, 4) is 5.75 Å². The van der Waals surface area contributed by atoms with Crippen LogP contribution in [-0.4, -0.2) is 42.8 Å². The van der Waals surface area contributed by atoms with Crippen LogP contribution in [0, 0.1) is 0 Å². The summed E-state index contributed by atoms with van der Waals surface area (Å²) in [5, 5.41) is 0. The van der Waals surface area contributed by atoms with E-state index in [9.17, 15) is 0 Å². The summed E-state index contributed by atoms with van der Waals surface area (Å²) in [6.45, 7) is 5.67. The molecule has 0 spiro atoms. The molecule has 0 bridgehead atoms. The molecule has 1 atom stereocenters. The van der Waals surface area contributed by atoms with Gasteiger partial charge in [0, 0.05) is 30.8 Å². The van der Waals surface area contributed by atoms with Crippen LogP contribution in [0.25, 0.3) is 0 Å². The summed E-state index contributed by atoms with van der Waals surface area (Å²) in [6.07, 6.45) is 1.37. The molecule has 2 N–H and O–H groups in total. The van der Waals surface area contributed by atoms with E-state index in [1.807, 2.05) is 18.2 Å². The van der Waals surface area contributed by atoms with Crippen molar-refractivity contribution in [2.75, 3.05) is 26.8 Å². The maximum absolute atomic E-state index is 5.71. The van der Waals surface area contributed by atoms with E-state index in [1.165, 1.54) is 0 Å². The molecule has 1 aromatic rings. The zero-order valence-electron chi connectivity index (χ0n) is 12.1. The van der Waals surface area contributed by atoms with Crippen molar-refractivity contribution in [1.82, 2.24) is 4.90 Å². The van der Waals surface area contributed by atoms with Crippen LogP contribution in [0.1, 0.15) is 24.5 Å². The Labute approximate surface area is 125 Å². The highest BCUT2D eigenvalue weighted by atomic mass is 32.1.